The first-order valence-electron chi connectivity index (χ1n) is 7.60. The summed E-state index contributed by atoms with van der Waals surface area (Å²) in [5.41, 5.74) is 1.56. The van der Waals surface area contributed by atoms with Gasteiger partial charge in [-0.1, -0.05) is 47.5 Å². The average molecular weight is 409 g/mol. The monoisotopic (exact) mass is 408 g/mol. The number of hydrogen-bond acceptors (Lipinski definition) is 5. The van der Waals surface area contributed by atoms with Gasteiger partial charge in [-0.15, -0.1) is 10.2 Å². The number of hydrogen-bond donors (Lipinski definition) is 0. The van der Waals surface area contributed by atoms with Crippen molar-refractivity contribution in [2.75, 3.05) is 0 Å². The third-order valence-corrected chi connectivity index (χ3v) is 5.38. The molecule has 1 aromatic heterocycles. The molecule has 0 aliphatic carbocycles. The number of aromatic nitrogens is 2. The molecule has 5 nitrogen and oxygen atoms in total. The standard InChI is InChI=1S/C18H14Cl2N2O3S/c19-15-6-1-13(2-7-15)5-10-17-21-22-18(25-17)12-26(23,24)11-14-3-8-16(20)9-4-14/h1-10H,11-12H2/b10-5+. The molecule has 8 heteroatoms. The highest BCUT2D eigenvalue weighted by Crippen LogP contribution is 2.16. The van der Waals surface area contributed by atoms with Crippen LogP contribution in [0, 0.1) is 0 Å². The van der Waals surface area contributed by atoms with Crippen molar-refractivity contribution in [1.82, 2.24) is 10.2 Å². The molecule has 0 radical (unpaired) electrons. The van der Waals surface area contributed by atoms with Gasteiger partial charge in [-0.25, -0.2) is 8.42 Å². The third kappa shape index (κ3) is 5.42. The lowest BCUT2D eigenvalue weighted by Gasteiger charge is -2.02. The van der Waals surface area contributed by atoms with Crippen LogP contribution in [0.5, 0.6) is 0 Å². The molecule has 0 unspecified atom stereocenters. The van der Waals surface area contributed by atoms with Gasteiger partial charge in [0.05, 0.1) is 5.75 Å². The minimum absolute atomic E-state index is 0.0507. The van der Waals surface area contributed by atoms with Crippen molar-refractivity contribution in [3.05, 3.63) is 81.5 Å². The Hall–Kier alpha value is -2.15. The van der Waals surface area contributed by atoms with E-state index in [2.05, 4.69) is 10.2 Å². The average Bonchev–Trinajstić information content (AvgIpc) is 3.03. The minimum Gasteiger partial charge on any atom is -0.420 e. The minimum atomic E-state index is -3.44. The van der Waals surface area contributed by atoms with Crippen LogP contribution in [0.2, 0.25) is 10.0 Å². The largest absolute Gasteiger partial charge is 0.420 e. The SMILES string of the molecule is O=S(=O)(Cc1ccc(Cl)cc1)Cc1nnc(/C=C/c2ccc(Cl)cc2)o1. The predicted octanol–water partition coefficient (Wildman–Crippen LogP) is 4.66. The quantitative estimate of drug-likeness (QED) is 0.592. The number of rotatable bonds is 6. The van der Waals surface area contributed by atoms with Crippen LogP contribution in [0.3, 0.4) is 0 Å². The van der Waals surface area contributed by atoms with Gasteiger partial charge in [0.1, 0.15) is 5.75 Å². The van der Waals surface area contributed by atoms with Gasteiger partial charge in [0.15, 0.2) is 9.84 Å². The first-order chi connectivity index (χ1) is 12.4. The van der Waals surface area contributed by atoms with Crippen LogP contribution >= 0.6 is 23.2 Å². The lowest BCUT2D eigenvalue weighted by Crippen LogP contribution is -2.07. The molecule has 3 aromatic rings. The molecule has 134 valence electrons. The van der Waals surface area contributed by atoms with Crippen molar-refractivity contribution in [3.63, 3.8) is 0 Å². The maximum absolute atomic E-state index is 12.3. The Morgan fingerprint density at radius 1 is 0.846 bits per heavy atom. The van der Waals surface area contributed by atoms with Crippen molar-refractivity contribution in [2.45, 2.75) is 11.5 Å². The van der Waals surface area contributed by atoms with Crippen molar-refractivity contribution >= 4 is 45.2 Å². The zero-order chi connectivity index (χ0) is 18.6. The number of halogens is 2. The van der Waals surface area contributed by atoms with Gasteiger partial charge >= 0.3 is 0 Å². The summed E-state index contributed by atoms with van der Waals surface area (Å²) < 4.78 is 30.0. The van der Waals surface area contributed by atoms with E-state index in [1.165, 1.54) is 0 Å². The smallest absolute Gasteiger partial charge is 0.240 e. The molecule has 0 saturated heterocycles. The Bertz CT molecular complexity index is 1010. The molecule has 0 amide bonds. The second-order valence-electron chi connectivity index (χ2n) is 5.58. The summed E-state index contributed by atoms with van der Waals surface area (Å²) in [6, 6.07) is 13.9. The van der Waals surface area contributed by atoms with Gasteiger partial charge in [0.25, 0.3) is 0 Å². The third-order valence-electron chi connectivity index (χ3n) is 3.41. The first-order valence-corrected chi connectivity index (χ1v) is 10.2. The fourth-order valence-corrected chi connectivity index (χ4v) is 3.75. The number of sulfone groups is 1. The van der Waals surface area contributed by atoms with E-state index in [-0.39, 0.29) is 23.3 Å². The lowest BCUT2D eigenvalue weighted by molar-refractivity contribution is 0.498. The van der Waals surface area contributed by atoms with Crippen LogP contribution in [0.4, 0.5) is 0 Å². The lowest BCUT2D eigenvalue weighted by atomic mass is 10.2. The van der Waals surface area contributed by atoms with Gasteiger partial charge in [0, 0.05) is 16.1 Å². The Morgan fingerprint density at radius 3 is 2.12 bits per heavy atom. The highest BCUT2D eigenvalue weighted by Gasteiger charge is 2.17. The molecule has 0 spiro atoms. The molecular formula is C18H14Cl2N2O3S. The Balaban J connectivity index is 1.65. The first kappa shape index (κ1) is 18.6. The van der Waals surface area contributed by atoms with Gasteiger partial charge in [-0.2, -0.15) is 0 Å². The fourth-order valence-electron chi connectivity index (χ4n) is 2.21. The van der Waals surface area contributed by atoms with E-state index in [1.807, 2.05) is 12.1 Å². The summed E-state index contributed by atoms with van der Waals surface area (Å²) in [6.45, 7) is 0. The van der Waals surface area contributed by atoms with Crippen LogP contribution in [0.15, 0.2) is 52.9 Å². The topological polar surface area (TPSA) is 73.1 Å². The molecule has 0 aliphatic rings. The van der Waals surface area contributed by atoms with Gasteiger partial charge in [0.2, 0.25) is 11.8 Å². The van der Waals surface area contributed by atoms with Crippen LogP contribution in [0.25, 0.3) is 12.2 Å². The summed E-state index contributed by atoms with van der Waals surface area (Å²) in [5, 5.41) is 8.84. The van der Waals surface area contributed by atoms with E-state index in [1.54, 1.807) is 48.6 Å². The summed E-state index contributed by atoms with van der Waals surface area (Å²) in [4.78, 5) is 0. The van der Waals surface area contributed by atoms with Gasteiger partial charge in [-0.3, -0.25) is 0 Å². The molecule has 26 heavy (non-hydrogen) atoms. The van der Waals surface area contributed by atoms with E-state index < -0.39 is 9.84 Å². The van der Waals surface area contributed by atoms with Crippen LogP contribution < -0.4 is 0 Å². The Labute approximate surface area is 161 Å². The molecule has 0 saturated carbocycles. The zero-order valence-electron chi connectivity index (χ0n) is 13.5. The molecule has 0 bridgehead atoms. The molecule has 1 heterocycles. The highest BCUT2D eigenvalue weighted by atomic mass is 35.5. The van der Waals surface area contributed by atoms with Gasteiger partial charge in [-0.05, 0) is 41.5 Å². The molecule has 0 N–H and O–H groups in total. The van der Waals surface area contributed by atoms with Crippen LogP contribution in [-0.4, -0.2) is 18.6 Å². The van der Waals surface area contributed by atoms with Crippen LogP contribution in [-0.2, 0) is 21.3 Å². The Kier molecular flexibility index (Phi) is 5.76. The predicted molar refractivity (Wildman–Crippen MR) is 102 cm³/mol. The normalized spacial score (nSPS) is 11.9. The van der Waals surface area contributed by atoms with E-state index >= 15 is 0 Å². The van der Waals surface area contributed by atoms with Crippen molar-refractivity contribution < 1.29 is 12.8 Å². The van der Waals surface area contributed by atoms with Crippen LogP contribution in [0.1, 0.15) is 22.9 Å². The van der Waals surface area contributed by atoms with Crippen molar-refractivity contribution in [1.29, 1.82) is 0 Å². The van der Waals surface area contributed by atoms with E-state index in [9.17, 15) is 8.42 Å². The highest BCUT2D eigenvalue weighted by molar-refractivity contribution is 7.89. The summed E-state index contributed by atoms with van der Waals surface area (Å²) >= 11 is 11.6. The summed E-state index contributed by atoms with van der Waals surface area (Å²) in [6.07, 6.45) is 3.39. The molecule has 0 aliphatic heterocycles. The molecule has 2 aromatic carbocycles. The molecule has 0 fully saturated rings. The zero-order valence-corrected chi connectivity index (χ0v) is 15.8. The number of nitrogens with zero attached hydrogens (tertiary/aromatic N) is 2. The van der Waals surface area contributed by atoms with E-state index in [0.29, 0.717) is 15.6 Å². The van der Waals surface area contributed by atoms with Gasteiger partial charge < -0.3 is 4.42 Å². The molecular weight excluding hydrogens is 395 g/mol. The second-order valence-corrected chi connectivity index (χ2v) is 8.51. The summed E-state index contributed by atoms with van der Waals surface area (Å²) in [7, 11) is -3.44. The van der Waals surface area contributed by atoms with E-state index in [4.69, 9.17) is 27.6 Å². The van der Waals surface area contributed by atoms with Crippen molar-refractivity contribution in [2.24, 2.45) is 0 Å². The number of benzene rings is 2. The maximum atomic E-state index is 12.3. The fraction of sp³-hybridized carbons (Fsp3) is 0.111. The second kappa shape index (κ2) is 8.03. The van der Waals surface area contributed by atoms with Crippen molar-refractivity contribution in [3.8, 4) is 0 Å². The summed E-state index contributed by atoms with van der Waals surface area (Å²) in [5.74, 6) is -0.161. The molecule has 0 atom stereocenters. The molecule has 3 rings (SSSR count). The maximum Gasteiger partial charge on any atom is 0.240 e. The Morgan fingerprint density at radius 2 is 1.46 bits per heavy atom. The van der Waals surface area contributed by atoms with E-state index in [0.717, 1.165) is 5.56 Å².